The lowest BCUT2D eigenvalue weighted by Gasteiger charge is -2.07. The van der Waals surface area contributed by atoms with Gasteiger partial charge in [0, 0.05) is 11.4 Å². The maximum absolute atomic E-state index is 11.8. The summed E-state index contributed by atoms with van der Waals surface area (Å²) in [5.41, 5.74) is 1.22. The molecule has 0 aliphatic heterocycles. The van der Waals surface area contributed by atoms with E-state index in [4.69, 9.17) is 5.11 Å². The summed E-state index contributed by atoms with van der Waals surface area (Å²) in [6.07, 6.45) is 0. The predicted molar refractivity (Wildman–Crippen MR) is 94.4 cm³/mol. The third-order valence-electron chi connectivity index (χ3n) is 2.92. The molecule has 0 radical (unpaired) electrons. The molecule has 2 aromatic rings. The van der Waals surface area contributed by atoms with E-state index >= 15 is 0 Å². The third-order valence-corrected chi connectivity index (χ3v) is 3.85. The first-order chi connectivity index (χ1) is 11.5. The Hall–Kier alpha value is -2.80. The molecule has 0 aromatic heterocycles. The zero-order valence-electron chi connectivity index (χ0n) is 12.7. The standard InChI is InChI=1S/C17H16N2O4S/c20-15(18-13-6-2-1-3-7-13)10-24-11-16(21)19-14-8-4-5-12(9-14)17(22)23/h1-9H,10-11H2,(H,18,20)(H,19,21)(H,22,23). The molecule has 0 bridgehead atoms. The van der Waals surface area contributed by atoms with Gasteiger partial charge in [0.1, 0.15) is 0 Å². The van der Waals surface area contributed by atoms with Crippen LogP contribution < -0.4 is 10.6 Å². The second kappa shape index (κ2) is 8.73. The summed E-state index contributed by atoms with van der Waals surface area (Å²) in [5, 5.41) is 14.2. The van der Waals surface area contributed by atoms with Crippen molar-refractivity contribution in [1.82, 2.24) is 0 Å². The van der Waals surface area contributed by atoms with E-state index in [1.807, 2.05) is 18.2 Å². The van der Waals surface area contributed by atoms with Crippen LogP contribution in [0.15, 0.2) is 54.6 Å². The van der Waals surface area contributed by atoms with Crippen molar-refractivity contribution in [3.63, 3.8) is 0 Å². The van der Waals surface area contributed by atoms with Crippen molar-refractivity contribution in [1.29, 1.82) is 0 Å². The quantitative estimate of drug-likeness (QED) is 0.718. The molecular weight excluding hydrogens is 328 g/mol. The molecule has 0 unspecified atom stereocenters. The number of carboxylic acids is 1. The van der Waals surface area contributed by atoms with E-state index in [2.05, 4.69) is 10.6 Å². The summed E-state index contributed by atoms with van der Waals surface area (Å²) in [7, 11) is 0. The fraction of sp³-hybridized carbons (Fsp3) is 0.118. The van der Waals surface area contributed by atoms with Crippen molar-refractivity contribution in [3.05, 3.63) is 60.2 Å². The lowest BCUT2D eigenvalue weighted by Crippen LogP contribution is -2.18. The van der Waals surface area contributed by atoms with Crippen molar-refractivity contribution in [2.24, 2.45) is 0 Å². The number of nitrogens with one attached hydrogen (secondary N) is 2. The largest absolute Gasteiger partial charge is 0.478 e. The maximum atomic E-state index is 11.8. The van der Waals surface area contributed by atoms with Crippen LogP contribution >= 0.6 is 11.8 Å². The van der Waals surface area contributed by atoms with Crippen LogP contribution in [0.5, 0.6) is 0 Å². The summed E-state index contributed by atoms with van der Waals surface area (Å²) in [6, 6.07) is 15.1. The molecule has 0 aliphatic carbocycles. The number of hydrogen-bond acceptors (Lipinski definition) is 4. The molecule has 6 nitrogen and oxygen atoms in total. The van der Waals surface area contributed by atoms with Gasteiger partial charge in [0.25, 0.3) is 0 Å². The number of amides is 2. The van der Waals surface area contributed by atoms with Gasteiger partial charge in [0.2, 0.25) is 11.8 Å². The molecule has 24 heavy (non-hydrogen) atoms. The average molecular weight is 344 g/mol. The second-order valence-electron chi connectivity index (χ2n) is 4.84. The maximum Gasteiger partial charge on any atom is 0.335 e. The monoisotopic (exact) mass is 344 g/mol. The van der Waals surface area contributed by atoms with Gasteiger partial charge in [0.15, 0.2) is 0 Å². The van der Waals surface area contributed by atoms with E-state index < -0.39 is 5.97 Å². The first-order valence-electron chi connectivity index (χ1n) is 7.10. The van der Waals surface area contributed by atoms with Gasteiger partial charge < -0.3 is 15.7 Å². The summed E-state index contributed by atoms with van der Waals surface area (Å²) >= 11 is 1.18. The number of carbonyl (C=O) groups excluding carboxylic acids is 2. The molecule has 7 heteroatoms. The van der Waals surface area contributed by atoms with E-state index in [1.54, 1.807) is 24.3 Å². The van der Waals surface area contributed by atoms with Gasteiger partial charge in [-0.1, -0.05) is 24.3 Å². The lowest BCUT2D eigenvalue weighted by molar-refractivity contribution is -0.114. The Morgan fingerprint density at radius 1 is 0.833 bits per heavy atom. The molecule has 0 saturated heterocycles. The Labute approximate surface area is 143 Å². The van der Waals surface area contributed by atoms with Crippen LogP contribution in [0, 0.1) is 0 Å². The molecule has 2 rings (SSSR count). The number of anilines is 2. The van der Waals surface area contributed by atoms with Crippen LogP contribution in [0.1, 0.15) is 10.4 Å². The van der Waals surface area contributed by atoms with E-state index in [0.29, 0.717) is 11.4 Å². The van der Waals surface area contributed by atoms with Crippen molar-refractivity contribution in [2.45, 2.75) is 0 Å². The number of benzene rings is 2. The minimum absolute atomic E-state index is 0.0967. The molecule has 0 fully saturated rings. The molecule has 3 N–H and O–H groups in total. The molecule has 0 heterocycles. The third kappa shape index (κ3) is 5.77. The molecule has 2 aromatic carbocycles. The number of carboxylic acid groups (broad SMARTS) is 1. The first kappa shape index (κ1) is 17.6. The molecule has 124 valence electrons. The zero-order valence-corrected chi connectivity index (χ0v) is 13.5. The second-order valence-corrected chi connectivity index (χ2v) is 5.83. The van der Waals surface area contributed by atoms with E-state index in [0.717, 1.165) is 0 Å². The van der Waals surface area contributed by atoms with Crippen LogP contribution in [0.25, 0.3) is 0 Å². The lowest BCUT2D eigenvalue weighted by atomic mass is 10.2. The van der Waals surface area contributed by atoms with Crippen LogP contribution in [-0.4, -0.2) is 34.4 Å². The van der Waals surface area contributed by atoms with Crippen LogP contribution in [0.2, 0.25) is 0 Å². The summed E-state index contributed by atoms with van der Waals surface area (Å²) in [5.74, 6) is -1.29. The Kier molecular flexibility index (Phi) is 6.39. The minimum Gasteiger partial charge on any atom is -0.478 e. The van der Waals surface area contributed by atoms with Crippen molar-refractivity contribution in [2.75, 3.05) is 22.1 Å². The Balaban J connectivity index is 1.74. The fourth-order valence-electron chi connectivity index (χ4n) is 1.88. The van der Waals surface area contributed by atoms with E-state index in [1.165, 1.54) is 23.9 Å². The summed E-state index contributed by atoms with van der Waals surface area (Å²) in [6.45, 7) is 0. The van der Waals surface area contributed by atoms with Crippen molar-refractivity contribution in [3.8, 4) is 0 Å². The SMILES string of the molecule is O=C(CSCC(=O)Nc1cccc(C(=O)O)c1)Nc1ccccc1. The van der Waals surface area contributed by atoms with Gasteiger partial charge in [-0.05, 0) is 30.3 Å². The van der Waals surface area contributed by atoms with Crippen molar-refractivity contribution < 1.29 is 19.5 Å². The van der Waals surface area contributed by atoms with Gasteiger partial charge in [0.05, 0.1) is 17.1 Å². The van der Waals surface area contributed by atoms with Crippen LogP contribution in [0.3, 0.4) is 0 Å². The highest BCUT2D eigenvalue weighted by atomic mass is 32.2. The smallest absolute Gasteiger partial charge is 0.335 e. The summed E-state index contributed by atoms with van der Waals surface area (Å²) in [4.78, 5) is 34.4. The van der Waals surface area contributed by atoms with Crippen LogP contribution in [-0.2, 0) is 9.59 Å². The minimum atomic E-state index is -1.06. The molecule has 2 amide bonds. The molecule has 0 spiro atoms. The normalized spacial score (nSPS) is 10.0. The number of carbonyl (C=O) groups is 3. The van der Waals surface area contributed by atoms with Crippen LogP contribution in [0.4, 0.5) is 11.4 Å². The molecular formula is C17H16N2O4S. The molecule has 0 saturated carbocycles. The van der Waals surface area contributed by atoms with Gasteiger partial charge in [-0.25, -0.2) is 4.79 Å². The highest BCUT2D eigenvalue weighted by Crippen LogP contribution is 2.12. The van der Waals surface area contributed by atoms with Crippen molar-refractivity contribution >= 4 is 40.9 Å². The van der Waals surface area contributed by atoms with Gasteiger partial charge in [-0.2, -0.15) is 0 Å². The average Bonchev–Trinajstić information content (AvgIpc) is 2.56. The molecule has 0 aliphatic rings. The molecule has 0 atom stereocenters. The predicted octanol–water partition coefficient (Wildman–Crippen LogP) is 2.70. The topological polar surface area (TPSA) is 95.5 Å². The Bertz CT molecular complexity index is 734. The first-order valence-corrected chi connectivity index (χ1v) is 8.26. The Morgan fingerprint density at radius 3 is 2.04 bits per heavy atom. The van der Waals surface area contributed by atoms with Gasteiger partial charge >= 0.3 is 5.97 Å². The number of aromatic carboxylic acids is 1. The number of hydrogen-bond donors (Lipinski definition) is 3. The fourth-order valence-corrected chi connectivity index (χ4v) is 2.50. The van der Waals surface area contributed by atoms with E-state index in [-0.39, 0.29) is 28.9 Å². The van der Waals surface area contributed by atoms with Gasteiger partial charge in [-0.15, -0.1) is 11.8 Å². The summed E-state index contributed by atoms with van der Waals surface area (Å²) < 4.78 is 0. The zero-order chi connectivity index (χ0) is 17.4. The number of thioether (sulfide) groups is 1. The Morgan fingerprint density at radius 2 is 1.42 bits per heavy atom. The number of rotatable bonds is 7. The number of para-hydroxylation sites is 1. The highest BCUT2D eigenvalue weighted by molar-refractivity contribution is 8.00. The van der Waals surface area contributed by atoms with E-state index in [9.17, 15) is 14.4 Å². The van der Waals surface area contributed by atoms with Gasteiger partial charge in [-0.3, -0.25) is 9.59 Å². The highest BCUT2D eigenvalue weighted by Gasteiger charge is 2.08.